The van der Waals surface area contributed by atoms with Crippen molar-refractivity contribution in [2.45, 2.75) is 12.5 Å². The van der Waals surface area contributed by atoms with E-state index in [9.17, 15) is 9.90 Å². The third-order valence-corrected chi connectivity index (χ3v) is 6.57. The average Bonchev–Trinajstić information content (AvgIpc) is 3.33. The number of aromatic hydroxyl groups is 1. The van der Waals surface area contributed by atoms with Crippen LogP contribution in [-0.2, 0) is 4.79 Å². The van der Waals surface area contributed by atoms with Gasteiger partial charge in [0.15, 0.2) is 0 Å². The Morgan fingerprint density at radius 1 is 1.19 bits per heavy atom. The van der Waals surface area contributed by atoms with Crippen molar-refractivity contribution < 1.29 is 9.90 Å². The monoisotopic (exact) mass is 387 g/mol. The number of thiophene rings is 1. The first kappa shape index (κ1) is 17.6. The Hall–Kier alpha value is -1.83. The first-order valence-electron chi connectivity index (χ1n) is 8.73. The molecule has 5 nitrogen and oxygen atoms in total. The minimum atomic E-state index is -0.112. The highest BCUT2D eigenvalue weighted by Gasteiger charge is 2.34. The topological polar surface area (TPSA) is 56.1 Å². The number of phenolic OH excluding ortho intramolecular Hbond substituents is 1. The van der Waals surface area contributed by atoms with Gasteiger partial charge in [0, 0.05) is 31.0 Å². The SMILES string of the molecule is O=C(CN1CCSCC1)N1N=C(c2cccs2)C[C@H]1c1ccc(O)cc1. The van der Waals surface area contributed by atoms with E-state index >= 15 is 0 Å². The summed E-state index contributed by atoms with van der Waals surface area (Å²) in [5.41, 5.74) is 1.96. The van der Waals surface area contributed by atoms with E-state index in [0.29, 0.717) is 13.0 Å². The highest BCUT2D eigenvalue weighted by Crippen LogP contribution is 2.34. The number of hydrogen-bond acceptors (Lipinski definition) is 6. The quantitative estimate of drug-likeness (QED) is 0.875. The minimum absolute atomic E-state index is 0.0431. The Bertz CT molecular complexity index is 784. The van der Waals surface area contributed by atoms with Crippen LogP contribution in [-0.4, -0.2) is 57.8 Å². The zero-order chi connectivity index (χ0) is 17.9. The summed E-state index contributed by atoms with van der Waals surface area (Å²) in [5.74, 6) is 2.44. The molecule has 1 aromatic heterocycles. The molecule has 0 spiro atoms. The van der Waals surface area contributed by atoms with Gasteiger partial charge in [-0.1, -0.05) is 18.2 Å². The fraction of sp³-hybridized carbons (Fsp3) is 0.368. The van der Waals surface area contributed by atoms with Gasteiger partial charge < -0.3 is 5.11 Å². The maximum Gasteiger partial charge on any atom is 0.257 e. The molecule has 2 aliphatic rings. The first-order chi connectivity index (χ1) is 12.7. The Morgan fingerprint density at radius 3 is 2.65 bits per heavy atom. The van der Waals surface area contributed by atoms with Crippen LogP contribution in [0.3, 0.4) is 0 Å². The number of carbonyl (C=O) groups excluding carboxylic acids is 1. The van der Waals surface area contributed by atoms with E-state index in [1.807, 2.05) is 41.4 Å². The molecule has 2 aromatic rings. The van der Waals surface area contributed by atoms with Crippen molar-refractivity contribution >= 4 is 34.7 Å². The van der Waals surface area contributed by atoms with Crippen LogP contribution in [0.1, 0.15) is 22.9 Å². The molecule has 1 amide bonds. The molecular formula is C19H21N3O2S2. The molecule has 136 valence electrons. The summed E-state index contributed by atoms with van der Waals surface area (Å²) in [7, 11) is 0. The minimum Gasteiger partial charge on any atom is -0.508 e. The summed E-state index contributed by atoms with van der Waals surface area (Å²) < 4.78 is 0. The normalized spacial score (nSPS) is 21.0. The standard InChI is InChI=1S/C19H21N3O2S2/c23-15-5-3-14(4-6-15)17-12-16(18-2-1-9-26-18)20-22(17)19(24)13-21-7-10-25-11-8-21/h1-6,9,17,23H,7-8,10-13H2/t17-/m0/s1. The number of hydrazone groups is 1. The Balaban J connectivity index is 1.57. The van der Waals surface area contributed by atoms with Gasteiger partial charge in [-0.3, -0.25) is 9.69 Å². The molecule has 26 heavy (non-hydrogen) atoms. The van der Waals surface area contributed by atoms with Crippen LogP contribution in [0.4, 0.5) is 0 Å². The molecule has 0 unspecified atom stereocenters. The molecule has 1 aromatic carbocycles. The lowest BCUT2D eigenvalue weighted by molar-refractivity contribution is -0.134. The van der Waals surface area contributed by atoms with Crippen LogP contribution >= 0.6 is 23.1 Å². The summed E-state index contributed by atoms with van der Waals surface area (Å²) in [6.07, 6.45) is 0.701. The predicted octanol–water partition coefficient (Wildman–Crippen LogP) is 3.18. The fourth-order valence-electron chi connectivity index (χ4n) is 3.31. The van der Waals surface area contributed by atoms with E-state index in [1.165, 1.54) is 0 Å². The Labute approximate surface area is 161 Å². The molecule has 1 fully saturated rings. The van der Waals surface area contributed by atoms with Gasteiger partial charge in [-0.25, -0.2) is 5.01 Å². The first-order valence-corrected chi connectivity index (χ1v) is 10.8. The van der Waals surface area contributed by atoms with E-state index in [1.54, 1.807) is 28.5 Å². The van der Waals surface area contributed by atoms with Crippen LogP contribution in [0, 0.1) is 0 Å². The molecular weight excluding hydrogens is 366 g/mol. The summed E-state index contributed by atoms with van der Waals surface area (Å²) in [5, 5.41) is 18.0. The van der Waals surface area contributed by atoms with Crippen molar-refractivity contribution in [2.24, 2.45) is 5.10 Å². The summed E-state index contributed by atoms with van der Waals surface area (Å²) in [6.45, 7) is 2.32. The maximum atomic E-state index is 13.0. The van der Waals surface area contributed by atoms with Crippen molar-refractivity contribution in [3.63, 3.8) is 0 Å². The third kappa shape index (κ3) is 3.79. The maximum absolute atomic E-state index is 13.0. The van der Waals surface area contributed by atoms with Gasteiger partial charge in [-0.15, -0.1) is 11.3 Å². The van der Waals surface area contributed by atoms with E-state index in [-0.39, 0.29) is 17.7 Å². The van der Waals surface area contributed by atoms with Crippen molar-refractivity contribution in [2.75, 3.05) is 31.1 Å². The number of amides is 1. The lowest BCUT2D eigenvalue weighted by Crippen LogP contribution is -2.41. The number of phenols is 1. The molecule has 1 saturated heterocycles. The summed E-state index contributed by atoms with van der Waals surface area (Å²) >= 11 is 3.59. The lowest BCUT2D eigenvalue weighted by atomic mass is 10.0. The largest absolute Gasteiger partial charge is 0.508 e. The smallest absolute Gasteiger partial charge is 0.257 e. The molecule has 0 radical (unpaired) electrons. The molecule has 0 saturated carbocycles. The molecule has 3 heterocycles. The molecule has 7 heteroatoms. The highest BCUT2D eigenvalue weighted by molar-refractivity contribution is 7.99. The van der Waals surface area contributed by atoms with Gasteiger partial charge in [-0.2, -0.15) is 16.9 Å². The fourth-order valence-corrected chi connectivity index (χ4v) is 5.01. The van der Waals surface area contributed by atoms with Crippen molar-refractivity contribution in [1.29, 1.82) is 0 Å². The van der Waals surface area contributed by atoms with Gasteiger partial charge in [0.05, 0.1) is 23.2 Å². The van der Waals surface area contributed by atoms with Gasteiger partial charge in [0.1, 0.15) is 5.75 Å². The lowest BCUT2D eigenvalue weighted by Gasteiger charge is -2.28. The van der Waals surface area contributed by atoms with E-state index in [2.05, 4.69) is 4.90 Å². The van der Waals surface area contributed by atoms with Crippen LogP contribution in [0.2, 0.25) is 0 Å². The second-order valence-electron chi connectivity index (χ2n) is 6.46. The number of thioether (sulfide) groups is 1. The number of nitrogens with zero attached hydrogens (tertiary/aromatic N) is 3. The second-order valence-corrected chi connectivity index (χ2v) is 8.63. The number of hydrogen-bond donors (Lipinski definition) is 1. The second kappa shape index (κ2) is 7.82. The third-order valence-electron chi connectivity index (χ3n) is 4.71. The summed E-state index contributed by atoms with van der Waals surface area (Å²) in [4.78, 5) is 16.3. The number of carbonyl (C=O) groups is 1. The number of benzene rings is 1. The predicted molar refractivity (Wildman–Crippen MR) is 107 cm³/mol. The van der Waals surface area contributed by atoms with Crippen LogP contribution in [0.5, 0.6) is 5.75 Å². The van der Waals surface area contributed by atoms with Crippen LogP contribution in [0.15, 0.2) is 46.9 Å². The molecule has 0 aliphatic carbocycles. The van der Waals surface area contributed by atoms with Gasteiger partial charge in [0.25, 0.3) is 5.91 Å². The molecule has 0 bridgehead atoms. The van der Waals surface area contributed by atoms with Crippen molar-refractivity contribution in [3.8, 4) is 5.75 Å². The number of rotatable bonds is 4. The van der Waals surface area contributed by atoms with Crippen LogP contribution < -0.4 is 0 Å². The van der Waals surface area contributed by atoms with Gasteiger partial charge in [-0.05, 0) is 29.1 Å². The van der Waals surface area contributed by atoms with Crippen molar-refractivity contribution in [1.82, 2.24) is 9.91 Å². The zero-order valence-electron chi connectivity index (χ0n) is 14.4. The van der Waals surface area contributed by atoms with E-state index in [0.717, 1.165) is 40.7 Å². The van der Waals surface area contributed by atoms with E-state index in [4.69, 9.17) is 5.10 Å². The average molecular weight is 388 g/mol. The molecule has 1 N–H and O–H groups in total. The van der Waals surface area contributed by atoms with Crippen molar-refractivity contribution in [3.05, 3.63) is 52.2 Å². The van der Waals surface area contributed by atoms with Crippen LogP contribution in [0.25, 0.3) is 0 Å². The van der Waals surface area contributed by atoms with Gasteiger partial charge >= 0.3 is 0 Å². The Kier molecular flexibility index (Phi) is 5.28. The molecule has 1 atom stereocenters. The Morgan fingerprint density at radius 2 is 1.96 bits per heavy atom. The molecule has 2 aliphatic heterocycles. The highest BCUT2D eigenvalue weighted by atomic mass is 32.2. The molecule has 4 rings (SSSR count). The summed E-state index contributed by atoms with van der Waals surface area (Å²) in [6, 6.07) is 11.0. The van der Waals surface area contributed by atoms with E-state index < -0.39 is 0 Å². The zero-order valence-corrected chi connectivity index (χ0v) is 16.0. The van der Waals surface area contributed by atoms with Gasteiger partial charge in [0.2, 0.25) is 0 Å².